The SMILES string of the molecule is O=C(O)[C@H]1CCCN1c1nc(-c2ccccc2Cl)cs1. The Bertz CT molecular complexity index is 644. The van der Waals surface area contributed by atoms with Crippen LogP contribution in [0.1, 0.15) is 12.8 Å². The number of rotatable bonds is 3. The molecule has 20 heavy (non-hydrogen) atoms. The first-order valence-corrected chi connectivity index (χ1v) is 7.62. The summed E-state index contributed by atoms with van der Waals surface area (Å²) in [5.41, 5.74) is 1.68. The van der Waals surface area contributed by atoms with Crippen molar-refractivity contribution >= 4 is 34.0 Å². The van der Waals surface area contributed by atoms with E-state index in [1.165, 1.54) is 11.3 Å². The minimum absolute atomic E-state index is 0.458. The van der Waals surface area contributed by atoms with E-state index in [2.05, 4.69) is 4.98 Å². The number of carboxylic acids is 1. The summed E-state index contributed by atoms with van der Waals surface area (Å²) in [5.74, 6) is -0.781. The fourth-order valence-corrected chi connectivity index (χ4v) is 3.58. The lowest BCUT2D eigenvalue weighted by Crippen LogP contribution is -2.35. The summed E-state index contributed by atoms with van der Waals surface area (Å²) in [4.78, 5) is 17.7. The number of carbonyl (C=O) groups is 1. The number of hydrogen-bond acceptors (Lipinski definition) is 4. The summed E-state index contributed by atoms with van der Waals surface area (Å²) in [6, 6.07) is 7.07. The standard InChI is InChI=1S/C14H13ClN2O2S/c15-10-5-2-1-4-9(10)11-8-20-14(16-11)17-7-3-6-12(17)13(18)19/h1-2,4-5,8,12H,3,6-7H2,(H,18,19)/t12-/m1/s1. The third-order valence-electron chi connectivity index (χ3n) is 3.43. The largest absolute Gasteiger partial charge is 0.480 e. The van der Waals surface area contributed by atoms with Crippen LogP contribution < -0.4 is 4.90 Å². The topological polar surface area (TPSA) is 53.4 Å². The first-order chi connectivity index (χ1) is 9.66. The van der Waals surface area contributed by atoms with Gasteiger partial charge in [-0.2, -0.15) is 0 Å². The lowest BCUT2D eigenvalue weighted by Gasteiger charge is -2.19. The molecule has 3 rings (SSSR count). The highest BCUT2D eigenvalue weighted by Gasteiger charge is 2.32. The molecule has 0 saturated carbocycles. The maximum Gasteiger partial charge on any atom is 0.326 e. The lowest BCUT2D eigenvalue weighted by atomic mass is 10.2. The van der Waals surface area contributed by atoms with Gasteiger partial charge in [0, 0.05) is 22.5 Å². The van der Waals surface area contributed by atoms with Crippen molar-refractivity contribution in [1.29, 1.82) is 0 Å². The quantitative estimate of drug-likeness (QED) is 0.942. The molecule has 1 aromatic carbocycles. The predicted octanol–water partition coefficient (Wildman–Crippen LogP) is 3.52. The highest BCUT2D eigenvalue weighted by atomic mass is 35.5. The number of anilines is 1. The van der Waals surface area contributed by atoms with E-state index in [0.29, 0.717) is 11.4 Å². The third kappa shape index (κ3) is 2.39. The first kappa shape index (κ1) is 13.4. The fourth-order valence-electron chi connectivity index (χ4n) is 2.44. The van der Waals surface area contributed by atoms with Crippen LogP contribution in [0.5, 0.6) is 0 Å². The lowest BCUT2D eigenvalue weighted by molar-refractivity contribution is -0.138. The number of halogens is 1. The molecule has 1 saturated heterocycles. The van der Waals surface area contributed by atoms with E-state index in [4.69, 9.17) is 11.6 Å². The molecule has 0 amide bonds. The van der Waals surface area contributed by atoms with Gasteiger partial charge in [0.1, 0.15) is 6.04 Å². The van der Waals surface area contributed by atoms with Crippen molar-refractivity contribution in [2.45, 2.75) is 18.9 Å². The second-order valence-electron chi connectivity index (χ2n) is 4.68. The molecule has 1 N–H and O–H groups in total. The minimum atomic E-state index is -0.781. The molecule has 0 aliphatic carbocycles. The molecule has 1 aromatic heterocycles. The van der Waals surface area contributed by atoms with E-state index in [9.17, 15) is 9.90 Å². The van der Waals surface area contributed by atoms with Crippen LogP contribution in [0.15, 0.2) is 29.6 Å². The van der Waals surface area contributed by atoms with Crippen LogP contribution in [0.4, 0.5) is 5.13 Å². The van der Waals surface area contributed by atoms with Gasteiger partial charge in [-0.1, -0.05) is 29.8 Å². The summed E-state index contributed by atoms with van der Waals surface area (Å²) in [6.45, 7) is 0.743. The summed E-state index contributed by atoms with van der Waals surface area (Å²) < 4.78 is 0. The number of hydrogen-bond donors (Lipinski definition) is 1. The van der Waals surface area contributed by atoms with E-state index in [-0.39, 0.29) is 0 Å². The minimum Gasteiger partial charge on any atom is -0.480 e. The van der Waals surface area contributed by atoms with Crippen molar-refractivity contribution in [1.82, 2.24) is 4.98 Å². The molecule has 0 radical (unpaired) electrons. The molecule has 1 fully saturated rings. The van der Waals surface area contributed by atoms with Gasteiger partial charge in [-0.3, -0.25) is 0 Å². The van der Waals surface area contributed by atoms with Gasteiger partial charge in [-0.05, 0) is 18.9 Å². The van der Waals surface area contributed by atoms with E-state index in [0.717, 1.165) is 29.4 Å². The summed E-state index contributed by atoms with van der Waals surface area (Å²) in [5, 5.41) is 12.6. The van der Waals surface area contributed by atoms with Crippen LogP contribution in [0.3, 0.4) is 0 Å². The number of thiazole rings is 1. The molecular formula is C14H13ClN2O2S. The average molecular weight is 309 g/mol. The highest BCUT2D eigenvalue weighted by molar-refractivity contribution is 7.14. The summed E-state index contributed by atoms with van der Waals surface area (Å²) in [6.07, 6.45) is 1.56. The van der Waals surface area contributed by atoms with Crippen molar-refractivity contribution in [3.63, 3.8) is 0 Å². The molecule has 1 aliphatic rings. The van der Waals surface area contributed by atoms with Gasteiger partial charge in [0.15, 0.2) is 5.13 Å². The average Bonchev–Trinajstić information content (AvgIpc) is 3.07. The second-order valence-corrected chi connectivity index (χ2v) is 5.93. The molecule has 2 heterocycles. The van der Waals surface area contributed by atoms with Crippen molar-refractivity contribution in [2.75, 3.05) is 11.4 Å². The van der Waals surface area contributed by atoms with Crippen LogP contribution >= 0.6 is 22.9 Å². The van der Waals surface area contributed by atoms with Gasteiger partial charge in [0.05, 0.1) is 5.69 Å². The van der Waals surface area contributed by atoms with Gasteiger partial charge in [-0.25, -0.2) is 9.78 Å². The van der Waals surface area contributed by atoms with Crippen molar-refractivity contribution in [3.05, 3.63) is 34.7 Å². The van der Waals surface area contributed by atoms with Crippen LogP contribution in [0.25, 0.3) is 11.3 Å². The van der Waals surface area contributed by atoms with Crippen LogP contribution in [-0.2, 0) is 4.79 Å². The Balaban J connectivity index is 1.91. The first-order valence-electron chi connectivity index (χ1n) is 6.36. The van der Waals surface area contributed by atoms with Crippen molar-refractivity contribution in [2.24, 2.45) is 0 Å². The monoisotopic (exact) mass is 308 g/mol. The Morgan fingerprint density at radius 2 is 2.25 bits per heavy atom. The zero-order valence-corrected chi connectivity index (χ0v) is 12.2. The predicted molar refractivity (Wildman–Crippen MR) is 80.6 cm³/mol. The Kier molecular flexibility index (Phi) is 3.63. The molecular weight excluding hydrogens is 296 g/mol. The van der Waals surface area contributed by atoms with Gasteiger partial charge in [0.25, 0.3) is 0 Å². The van der Waals surface area contributed by atoms with Crippen molar-refractivity contribution < 1.29 is 9.90 Å². The normalized spacial score (nSPS) is 18.4. The molecule has 6 heteroatoms. The summed E-state index contributed by atoms with van der Waals surface area (Å²) >= 11 is 7.63. The molecule has 0 bridgehead atoms. The van der Waals surface area contributed by atoms with Gasteiger partial charge in [0.2, 0.25) is 0 Å². The molecule has 2 aromatic rings. The second kappa shape index (κ2) is 5.42. The van der Waals surface area contributed by atoms with E-state index < -0.39 is 12.0 Å². The zero-order valence-electron chi connectivity index (χ0n) is 10.6. The number of nitrogens with zero attached hydrogens (tertiary/aromatic N) is 2. The smallest absolute Gasteiger partial charge is 0.326 e. The van der Waals surface area contributed by atoms with E-state index in [1.807, 2.05) is 34.5 Å². The molecule has 0 spiro atoms. The maximum atomic E-state index is 11.2. The van der Waals surface area contributed by atoms with Gasteiger partial charge >= 0.3 is 5.97 Å². The van der Waals surface area contributed by atoms with Gasteiger partial charge < -0.3 is 10.0 Å². The Labute approximate surface area is 125 Å². The van der Waals surface area contributed by atoms with Crippen molar-refractivity contribution in [3.8, 4) is 11.3 Å². The molecule has 104 valence electrons. The Morgan fingerprint density at radius 3 is 3.00 bits per heavy atom. The molecule has 4 nitrogen and oxygen atoms in total. The van der Waals surface area contributed by atoms with Crippen LogP contribution in [0, 0.1) is 0 Å². The number of benzene rings is 1. The summed E-state index contributed by atoms with van der Waals surface area (Å²) in [7, 11) is 0. The number of aromatic nitrogens is 1. The Morgan fingerprint density at radius 1 is 1.45 bits per heavy atom. The van der Waals surface area contributed by atoms with Crippen LogP contribution in [-0.4, -0.2) is 28.6 Å². The van der Waals surface area contributed by atoms with Gasteiger partial charge in [-0.15, -0.1) is 11.3 Å². The third-order valence-corrected chi connectivity index (χ3v) is 4.63. The molecule has 1 aliphatic heterocycles. The van der Waals surface area contributed by atoms with E-state index in [1.54, 1.807) is 0 Å². The number of carboxylic acid groups (broad SMARTS) is 1. The number of aliphatic carboxylic acids is 1. The maximum absolute atomic E-state index is 11.2. The van der Waals surface area contributed by atoms with Crippen LogP contribution in [0.2, 0.25) is 5.02 Å². The molecule has 1 atom stereocenters. The van der Waals surface area contributed by atoms with E-state index >= 15 is 0 Å². The molecule has 0 unspecified atom stereocenters. The highest BCUT2D eigenvalue weighted by Crippen LogP contribution is 2.34. The Hall–Kier alpha value is -1.59. The fraction of sp³-hybridized carbons (Fsp3) is 0.286. The zero-order chi connectivity index (χ0) is 14.1.